The van der Waals surface area contributed by atoms with Gasteiger partial charge in [-0.1, -0.05) is 45.0 Å². The second-order valence-electron chi connectivity index (χ2n) is 7.77. The second kappa shape index (κ2) is 9.40. The number of benzene rings is 2. The molecular weight excluding hydrogens is 352 g/mol. The van der Waals surface area contributed by atoms with Crippen LogP contribution < -0.4 is 15.4 Å². The minimum Gasteiger partial charge on any atom is -0.484 e. The number of nitrogens with one attached hydrogen (secondary N) is 2. The van der Waals surface area contributed by atoms with E-state index in [2.05, 4.69) is 31.4 Å². The second-order valence-corrected chi connectivity index (χ2v) is 7.77. The molecule has 2 aromatic rings. The Bertz CT molecular complexity index is 811. The van der Waals surface area contributed by atoms with Crippen LogP contribution in [-0.4, -0.2) is 24.5 Å². The van der Waals surface area contributed by atoms with Crippen LogP contribution in [0.1, 0.15) is 57.0 Å². The first-order valence-corrected chi connectivity index (χ1v) is 9.66. The lowest BCUT2D eigenvalue weighted by Crippen LogP contribution is -2.31. The van der Waals surface area contributed by atoms with Gasteiger partial charge in [-0.25, -0.2) is 0 Å². The highest BCUT2D eigenvalue weighted by molar-refractivity contribution is 6.04. The van der Waals surface area contributed by atoms with Gasteiger partial charge in [-0.15, -0.1) is 0 Å². The number of rotatable bonds is 8. The first-order chi connectivity index (χ1) is 13.2. The van der Waals surface area contributed by atoms with E-state index in [-0.39, 0.29) is 29.9 Å². The van der Waals surface area contributed by atoms with Crippen molar-refractivity contribution < 1.29 is 14.3 Å². The molecule has 0 saturated heterocycles. The minimum absolute atomic E-state index is 0.0141. The Balaban J connectivity index is 1.97. The van der Waals surface area contributed by atoms with Gasteiger partial charge in [-0.2, -0.15) is 0 Å². The van der Waals surface area contributed by atoms with Gasteiger partial charge in [-0.3, -0.25) is 9.59 Å². The third-order valence-electron chi connectivity index (χ3n) is 4.76. The van der Waals surface area contributed by atoms with Gasteiger partial charge in [0.1, 0.15) is 5.75 Å². The number of hydrogen-bond acceptors (Lipinski definition) is 3. The van der Waals surface area contributed by atoms with Crippen molar-refractivity contribution in [2.24, 2.45) is 0 Å². The molecule has 5 nitrogen and oxygen atoms in total. The lowest BCUT2D eigenvalue weighted by atomic mass is 9.82. The number of ether oxygens (including phenoxy) is 1. The van der Waals surface area contributed by atoms with Crippen molar-refractivity contribution in [1.82, 2.24) is 5.32 Å². The zero-order valence-corrected chi connectivity index (χ0v) is 17.3. The number of carbonyl (C=O) groups is 2. The SMILES string of the molecule is CCC(C)(C)c1ccc(OCC(=O)Nc2ccccc2C(=O)NC(C)C)cc1. The molecular formula is C23H30N2O3. The van der Waals surface area contributed by atoms with Crippen molar-refractivity contribution in [3.05, 3.63) is 59.7 Å². The van der Waals surface area contributed by atoms with E-state index in [0.717, 1.165) is 6.42 Å². The molecule has 0 atom stereocenters. The average Bonchev–Trinajstić information content (AvgIpc) is 2.66. The summed E-state index contributed by atoms with van der Waals surface area (Å²) >= 11 is 0. The van der Waals surface area contributed by atoms with E-state index in [9.17, 15) is 9.59 Å². The summed E-state index contributed by atoms with van der Waals surface area (Å²) in [6.07, 6.45) is 1.04. The summed E-state index contributed by atoms with van der Waals surface area (Å²) in [5, 5.41) is 5.59. The van der Waals surface area contributed by atoms with Crippen molar-refractivity contribution in [2.75, 3.05) is 11.9 Å². The van der Waals surface area contributed by atoms with Crippen molar-refractivity contribution in [3.8, 4) is 5.75 Å². The molecule has 28 heavy (non-hydrogen) atoms. The standard InChI is InChI=1S/C23H30N2O3/c1-6-23(4,5)17-11-13-18(14-12-17)28-15-21(26)25-20-10-8-7-9-19(20)22(27)24-16(2)3/h7-14,16H,6,15H2,1-5H3,(H,24,27)(H,25,26). The van der Waals surface area contributed by atoms with Gasteiger partial charge < -0.3 is 15.4 Å². The highest BCUT2D eigenvalue weighted by Crippen LogP contribution is 2.28. The maximum atomic E-state index is 12.3. The summed E-state index contributed by atoms with van der Waals surface area (Å²) < 4.78 is 5.59. The molecule has 2 amide bonds. The maximum absolute atomic E-state index is 12.3. The fraction of sp³-hybridized carbons (Fsp3) is 0.391. The zero-order valence-electron chi connectivity index (χ0n) is 17.3. The van der Waals surface area contributed by atoms with Crippen LogP contribution in [0.2, 0.25) is 0 Å². The number of para-hydroxylation sites is 1. The predicted molar refractivity (Wildman–Crippen MR) is 113 cm³/mol. The van der Waals surface area contributed by atoms with Gasteiger partial charge in [-0.05, 0) is 55.5 Å². The molecule has 0 bridgehead atoms. The molecule has 2 aromatic carbocycles. The lowest BCUT2D eigenvalue weighted by molar-refractivity contribution is -0.118. The van der Waals surface area contributed by atoms with Crippen LogP contribution in [0.4, 0.5) is 5.69 Å². The maximum Gasteiger partial charge on any atom is 0.262 e. The Morgan fingerprint density at radius 1 is 1.04 bits per heavy atom. The van der Waals surface area contributed by atoms with Crippen LogP contribution in [0.5, 0.6) is 5.75 Å². The van der Waals surface area contributed by atoms with E-state index in [1.165, 1.54) is 5.56 Å². The molecule has 0 aliphatic carbocycles. The first-order valence-electron chi connectivity index (χ1n) is 9.66. The number of amides is 2. The molecule has 0 radical (unpaired) electrons. The van der Waals surface area contributed by atoms with Gasteiger partial charge in [0.15, 0.2) is 6.61 Å². The summed E-state index contributed by atoms with van der Waals surface area (Å²) in [6, 6.07) is 14.8. The van der Waals surface area contributed by atoms with Gasteiger partial charge in [0.25, 0.3) is 11.8 Å². The zero-order chi connectivity index (χ0) is 20.7. The summed E-state index contributed by atoms with van der Waals surface area (Å²) in [5.74, 6) is 0.0975. The molecule has 2 rings (SSSR count). The van der Waals surface area contributed by atoms with Crippen LogP contribution in [0.15, 0.2) is 48.5 Å². The van der Waals surface area contributed by atoms with Crippen LogP contribution in [0.25, 0.3) is 0 Å². The Hall–Kier alpha value is -2.82. The highest BCUT2D eigenvalue weighted by atomic mass is 16.5. The van der Waals surface area contributed by atoms with Gasteiger partial charge in [0, 0.05) is 6.04 Å². The van der Waals surface area contributed by atoms with E-state index < -0.39 is 0 Å². The molecule has 0 fully saturated rings. The highest BCUT2D eigenvalue weighted by Gasteiger charge is 2.18. The van der Waals surface area contributed by atoms with Crippen LogP contribution >= 0.6 is 0 Å². The van der Waals surface area contributed by atoms with Crippen molar-refractivity contribution in [1.29, 1.82) is 0 Å². The smallest absolute Gasteiger partial charge is 0.262 e. The summed E-state index contributed by atoms with van der Waals surface area (Å²) in [7, 11) is 0. The molecule has 0 saturated carbocycles. The van der Waals surface area contributed by atoms with E-state index in [0.29, 0.717) is 17.0 Å². The predicted octanol–water partition coefficient (Wildman–Crippen LogP) is 4.53. The van der Waals surface area contributed by atoms with E-state index in [1.54, 1.807) is 24.3 Å². The number of carbonyl (C=O) groups excluding carboxylic acids is 2. The third kappa shape index (κ3) is 5.84. The third-order valence-corrected chi connectivity index (χ3v) is 4.76. The molecule has 0 spiro atoms. The van der Waals surface area contributed by atoms with Crippen LogP contribution in [-0.2, 0) is 10.2 Å². The molecule has 0 unspecified atom stereocenters. The van der Waals surface area contributed by atoms with E-state index >= 15 is 0 Å². The Morgan fingerprint density at radius 2 is 1.68 bits per heavy atom. The van der Waals surface area contributed by atoms with Gasteiger partial charge in [0.05, 0.1) is 11.3 Å². The molecule has 150 valence electrons. The Morgan fingerprint density at radius 3 is 2.29 bits per heavy atom. The van der Waals surface area contributed by atoms with Crippen molar-refractivity contribution >= 4 is 17.5 Å². The van der Waals surface area contributed by atoms with Crippen LogP contribution in [0.3, 0.4) is 0 Å². The fourth-order valence-electron chi connectivity index (χ4n) is 2.67. The molecule has 5 heteroatoms. The Labute approximate surface area is 167 Å². The summed E-state index contributed by atoms with van der Waals surface area (Å²) in [6.45, 7) is 10.2. The topological polar surface area (TPSA) is 67.4 Å². The average molecular weight is 383 g/mol. The number of hydrogen-bond donors (Lipinski definition) is 2. The minimum atomic E-state index is -0.317. The van der Waals surface area contributed by atoms with Crippen molar-refractivity contribution in [3.63, 3.8) is 0 Å². The summed E-state index contributed by atoms with van der Waals surface area (Å²) in [4.78, 5) is 24.6. The largest absolute Gasteiger partial charge is 0.484 e. The van der Waals surface area contributed by atoms with Gasteiger partial charge >= 0.3 is 0 Å². The number of anilines is 1. The first kappa shape index (κ1) is 21.5. The molecule has 0 heterocycles. The monoisotopic (exact) mass is 382 g/mol. The quantitative estimate of drug-likeness (QED) is 0.705. The molecule has 0 aliphatic heterocycles. The molecule has 0 aromatic heterocycles. The summed E-state index contributed by atoms with van der Waals surface area (Å²) in [5.41, 5.74) is 2.23. The molecule has 0 aliphatic rings. The Kier molecular flexibility index (Phi) is 7.21. The van der Waals surface area contributed by atoms with Crippen LogP contribution in [0, 0.1) is 0 Å². The normalized spacial score (nSPS) is 11.2. The van der Waals surface area contributed by atoms with Crippen molar-refractivity contribution in [2.45, 2.75) is 52.5 Å². The van der Waals surface area contributed by atoms with Gasteiger partial charge in [0.2, 0.25) is 0 Å². The molecule has 2 N–H and O–H groups in total. The lowest BCUT2D eigenvalue weighted by Gasteiger charge is -2.23. The van der Waals surface area contributed by atoms with E-state index in [1.807, 2.05) is 38.1 Å². The van der Waals surface area contributed by atoms with E-state index in [4.69, 9.17) is 4.74 Å². The fourth-order valence-corrected chi connectivity index (χ4v) is 2.67.